The molecule has 0 aliphatic heterocycles. The maximum absolute atomic E-state index is 12.7. The summed E-state index contributed by atoms with van der Waals surface area (Å²) in [4.78, 5) is 25.3. The molecule has 0 saturated heterocycles. The van der Waals surface area contributed by atoms with E-state index in [1.807, 2.05) is 0 Å². The van der Waals surface area contributed by atoms with Gasteiger partial charge in [0.2, 0.25) is 5.43 Å². The fraction of sp³-hybridized carbons (Fsp3) is 0.167. The van der Waals surface area contributed by atoms with Crippen LogP contribution in [0.25, 0.3) is 21.9 Å². The number of benzene rings is 3. The molecule has 152 valence electrons. The van der Waals surface area contributed by atoms with E-state index in [2.05, 4.69) is 12.2 Å². The molecule has 4 aromatic rings. The number of rotatable bonds is 6. The zero-order chi connectivity index (χ0) is 21.1. The number of halogens is 1. The van der Waals surface area contributed by atoms with Crippen LogP contribution in [0.4, 0.5) is 5.69 Å². The van der Waals surface area contributed by atoms with Gasteiger partial charge in [0.05, 0.1) is 22.4 Å². The van der Waals surface area contributed by atoms with E-state index in [-0.39, 0.29) is 11.3 Å². The Morgan fingerprint density at radius 3 is 2.63 bits per heavy atom. The Hall–Kier alpha value is -3.31. The third-order valence-corrected chi connectivity index (χ3v) is 5.09. The molecule has 0 spiro atoms. The quantitative estimate of drug-likeness (QED) is 0.305. The number of carbonyl (C=O) groups is 1. The maximum atomic E-state index is 12.7. The minimum atomic E-state index is -0.268. The van der Waals surface area contributed by atoms with Crippen molar-refractivity contribution in [2.24, 2.45) is 0 Å². The normalized spacial score (nSPS) is 11.0. The Morgan fingerprint density at radius 2 is 1.87 bits per heavy atom. The number of nitrogens with one attached hydrogen (secondary N) is 1. The first-order valence-corrected chi connectivity index (χ1v) is 10.1. The third kappa shape index (κ3) is 4.02. The summed E-state index contributed by atoms with van der Waals surface area (Å²) in [5, 5.41) is 4.04. The molecule has 1 N–H and O–H groups in total. The summed E-state index contributed by atoms with van der Waals surface area (Å²) < 4.78 is 11.5. The van der Waals surface area contributed by atoms with Gasteiger partial charge >= 0.3 is 0 Å². The second kappa shape index (κ2) is 8.59. The first-order valence-electron chi connectivity index (χ1n) is 9.76. The molecule has 0 radical (unpaired) electrons. The first-order chi connectivity index (χ1) is 14.6. The number of hydrogen-bond acceptors (Lipinski definition) is 4. The summed E-state index contributed by atoms with van der Waals surface area (Å²) in [6.07, 6.45) is 2.05. The van der Waals surface area contributed by atoms with Gasteiger partial charge in [0.15, 0.2) is 5.58 Å². The zero-order valence-electron chi connectivity index (χ0n) is 16.4. The van der Waals surface area contributed by atoms with Crippen LogP contribution < -0.4 is 15.5 Å². The van der Waals surface area contributed by atoms with Crippen molar-refractivity contribution < 1.29 is 13.9 Å². The average molecular weight is 422 g/mol. The van der Waals surface area contributed by atoms with Gasteiger partial charge in [-0.05, 0) is 55.0 Å². The lowest BCUT2D eigenvalue weighted by Gasteiger charge is -2.09. The van der Waals surface area contributed by atoms with E-state index in [0.717, 1.165) is 18.6 Å². The zero-order valence-corrected chi connectivity index (χ0v) is 17.2. The molecule has 0 atom stereocenters. The Morgan fingerprint density at radius 1 is 1.07 bits per heavy atom. The molecule has 30 heavy (non-hydrogen) atoms. The van der Waals surface area contributed by atoms with Crippen LogP contribution in [0.1, 0.15) is 30.1 Å². The van der Waals surface area contributed by atoms with Crippen molar-refractivity contribution in [1.29, 1.82) is 0 Å². The van der Waals surface area contributed by atoms with Gasteiger partial charge in [-0.3, -0.25) is 9.59 Å². The van der Waals surface area contributed by atoms with E-state index >= 15 is 0 Å². The highest BCUT2D eigenvalue weighted by Crippen LogP contribution is 2.26. The summed E-state index contributed by atoms with van der Waals surface area (Å²) in [6.45, 7) is 2.76. The van der Waals surface area contributed by atoms with Crippen molar-refractivity contribution in [2.75, 3.05) is 11.9 Å². The van der Waals surface area contributed by atoms with Crippen molar-refractivity contribution >= 4 is 45.1 Å². The minimum absolute atomic E-state index is 0.162. The summed E-state index contributed by atoms with van der Waals surface area (Å²) >= 11 is 6.17. The molecule has 0 aliphatic rings. The summed E-state index contributed by atoms with van der Waals surface area (Å²) in [5.41, 5.74) is 1.55. The van der Waals surface area contributed by atoms with Crippen molar-refractivity contribution in [3.05, 3.63) is 81.5 Å². The summed E-state index contributed by atoms with van der Waals surface area (Å²) in [6, 6.07) is 17.0. The lowest BCUT2D eigenvalue weighted by Crippen LogP contribution is -2.12. The smallest absolute Gasteiger partial charge is 0.255 e. The molecule has 0 fully saturated rings. The molecule has 0 aliphatic carbocycles. The average Bonchev–Trinajstić information content (AvgIpc) is 2.75. The van der Waals surface area contributed by atoms with Crippen molar-refractivity contribution in [3.8, 4) is 5.75 Å². The molecular formula is C24H20ClNO4. The number of unbranched alkanes of at least 4 members (excludes halogenated alkanes) is 1. The second-order valence-corrected chi connectivity index (χ2v) is 7.35. The highest BCUT2D eigenvalue weighted by molar-refractivity contribution is 6.34. The topological polar surface area (TPSA) is 68.5 Å². The lowest BCUT2D eigenvalue weighted by molar-refractivity contribution is 0.102. The summed E-state index contributed by atoms with van der Waals surface area (Å²) in [7, 11) is 0. The van der Waals surface area contributed by atoms with Gasteiger partial charge in [-0.15, -0.1) is 0 Å². The number of fused-ring (bicyclic) bond motifs is 2. The van der Waals surface area contributed by atoms with Gasteiger partial charge in [-0.25, -0.2) is 0 Å². The molecule has 0 saturated carbocycles. The molecule has 1 amide bonds. The molecule has 0 unspecified atom stereocenters. The van der Waals surface area contributed by atoms with E-state index in [4.69, 9.17) is 20.8 Å². The Balaban J connectivity index is 1.57. The van der Waals surface area contributed by atoms with Crippen LogP contribution in [0.3, 0.4) is 0 Å². The van der Waals surface area contributed by atoms with Gasteiger partial charge in [0.25, 0.3) is 5.91 Å². The van der Waals surface area contributed by atoms with Gasteiger partial charge < -0.3 is 14.5 Å². The second-order valence-electron chi connectivity index (χ2n) is 6.94. The van der Waals surface area contributed by atoms with Gasteiger partial charge in [-0.1, -0.05) is 31.0 Å². The molecule has 0 bridgehead atoms. The van der Waals surface area contributed by atoms with E-state index < -0.39 is 0 Å². The molecular weight excluding hydrogens is 402 g/mol. The Kier molecular flexibility index (Phi) is 5.72. The maximum Gasteiger partial charge on any atom is 0.255 e. The minimum Gasteiger partial charge on any atom is -0.494 e. The van der Waals surface area contributed by atoms with Crippen LogP contribution in [0.15, 0.2) is 69.9 Å². The van der Waals surface area contributed by atoms with Crippen molar-refractivity contribution in [3.63, 3.8) is 0 Å². The van der Waals surface area contributed by atoms with E-state index in [9.17, 15) is 9.59 Å². The lowest BCUT2D eigenvalue weighted by atomic mass is 10.1. The number of carbonyl (C=O) groups excluding carboxylic acids is 1. The van der Waals surface area contributed by atoms with E-state index in [0.29, 0.717) is 44.8 Å². The SMILES string of the molecule is CCCCOc1ccc(C(=O)Nc2ccc3c(=O)c4cccc(Cl)c4oc3c2)cc1. The van der Waals surface area contributed by atoms with Crippen LogP contribution in [0.5, 0.6) is 5.75 Å². The van der Waals surface area contributed by atoms with Crippen LogP contribution in [0.2, 0.25) is 5.02 Å². The number of hydrogen-bond donors (Lipinski definition) is 1. The number of ether oxygens (including phenoxy) is 1. The van der Waals surface area contributed by atoms with Gasteiger partial charge in [0.1, 0.15) is 11.3 Å². The molecule has 3 aromatic carbocycles. The number of anilines is 1. The van der Waals surface area contributed by atoms with Crippen LogP contribution in [-0.4, -0.2) is 12.5 Å². The fourth-order valence-corrected chi connectivity index (χ4v) is 3.37. The van der Waals surface area contributed by atoms with Crippen LogP contribution in [-0.2, 0) is 0 Å². The van der Waals surface area contributed by atoms with Crippen LogP contribution in [0, 0.1) is 0 Å². The van der Waals surface area contributed by atoms with Crippen molar-refractivity contribution in [1.82, 2.24) is 0 Å². The number of para-hydroxylation sites is 1. The molecule has 5 nitrogen and oxygen atoms in total. The molecule has 1 aromatic heterocycles. The molecule has 6 heteroatoms. The fourth-order valence-electron chi connectivity index (χ4n) is 3.16. The highest BCUT2D eigenvalue weighted by atomic mass is 35.5. The molecule has 1 heterocycles. The largest absolute Gasteiger partial charge is 0.494 e. The summed E-state index contributed by atoms with van der Waals surface area (Å²) in [5.74, 6) is 0.465. The van der Waals surface area contributed by atoms with E-state index in [1.54, 1.807) is 60.7 Å². The third-order valence-electron chi connectivity index (χ3n) is 4.79. The predicted molar refractivity (Wildman–Crippen MR) is 120 cm³/mol. The van der Waals surface area contributed by atoms with Crippen LogP contribution >= 0.6 is 11.6 Å². The molecule has 4 rings (SSSR count). The first kappa shape index (κ1) is 20.0. The van der Waals surface area contributed by atoms with E-state index in [1.165, 1.54) is 0 Å². The Labute approximate surface area is 178 Å². The van der Waals surface area contributed by atoms with Crippen molar-refractivity contribution in [2.45, 2.75) is 19.8 Å². The number of amides is 1. The Bertz CT molecular complexity index is 1280. The standard InChI is InChI=1S/C24H20ClNO4/c1-2-3-13-29-17-10-7-15(8-11-17)24(28)26-16-9-12-18-21(14-16)30-23-19(22(18)27)5-4-6-20(23)25/h4-12,14H,2-3,13H2,1H3,(H,26,28). The van der Waals surface area contributed by atoms with Gasteiger partial charge in [-0.2, -0.15) is 0 Å². The predicted octanol–water partition coefficient (Wildman–Crippen LogP) is 6.03. The highest BCUT2D eigenvalue weighted by Gasteiger charge is 2.12. The van der Waals surface area contributed by atoms with Gasteiger partial charge in [0, 0.05) is 17.3 Å². The monoisotopic (exact) mass is 421 g/mol.